The van der Waals surface area contributed by atoms with E-state index < -0.39 is 5.97 Å². The predicted molar refractivity (Wildman–Crippen MR) is 107 cm³/mol. The van der Waals surface area contributed by atoms with Gasteiger partial charge in [-0.05, 0) is 19.1 Å². The number of thiophene rings is 1. The van der Waals surface area contributed by atoms with E-state index in [9.17, 15) is 9.59 Å². The van der Waals surface area contributed by atoms with Gasteiger partial charge in [0.15, 0.2) is 0 Å². The zero-order chi connectivity index (χ0) is 19.4. The first kappa shape index (κ1) is 18.8. The van der Waals surface area contributed by atoms with E-state index >= 15 is 0 Å². The van der Waals surface area contributed by atoms with Gasteiger partial charge in [-0.2, -0.15) is 5.10 Å². The van der Waals surface area contributed by atoms with E-state index in [0.29, 0.717) is 36.8 Å². The minimum absolute atomic E-state index is 0.255. The fourth-order valence-electron chi connectivity index (χ4n) is 2.40. The number of fused-ring (bicyclic) bond motifs is 1. The fraction of sp³-hybridized carbons (Fsp3) is 0.111. The van der Waals surface area contributed by atoms with Crippen molar-refractivity contribution in [2.24, 2.45) is 5.10 Å². The molecule has 1 amide bonds. The molecule has 0 bridgehead atoms. The molecule has 0 unspecified atom stereocenters. The molecule has 0 saturated carbocycles. The number of hydrogen-bond donors (Lipinski definition) is 2. The highest BCUT2D eigenvalue weighted by Crippen LogP contribution is 2.39. The molecule has 2 heterocycles. The number of anilines is 1. The summed E-state index contributed by atoms with van der Waals surface area (Å²) in [5, 5.41) is 5.28. The van der Waals surface area contributed by atoms with Gasteiger partial charge in [-0.1, -0.05) is 23.7 Å². The Labute approximate surface area is 163 Å². The second kappa shape index (κ2) is 8.15. The fourth-order valence-corrected chi connectivity index (χ4v) is 3.74. The number of hydrazone groups is 1. The largest absolute Gasteiger partial charge is 0.462 e. The molecule has 27 heavy (non-hydrogen) atoms. The number of carbonyl (C=O) groups excluding carboxylic acids is 2. The molecule has 3 N–H and O–H groups in total. The molecule has 0 spiro atoms. The molecule has 0 aliphatic rings. The monoisotopic (exact) mass is 402 g/mol. The van der Waals surface area contributed by atoms with E-state index in [4.69, 9.17) is 22.1 Å². The van der Waals surface area contributed by atoms with Crippen LogP contribution in [-0.2, 0) is 4.74 Å². The van der Waals surface area contributed by atoms with Crippen molar-refractivity contribution in [3.05, 3.63) is 58.4 Å². The van der Waals surface area contributed by atoms with Crippen LogP contribution in [0.15, 0.2) is 41.8 Å². The van der Waals surface area contributed by atoms with Gasteiger partial charge in [-0.15, -0.1) is 11.3 Å². The summed E-state index contributed by atoms with van der Waals surface area (Å²) in [5.41, 5.74) is 9.73. The highest BCUT2D eigenvalue weighted by molar-refractivity contribution is 7.23. The molecule has 0 saturated heterocycles. The number of nitrogens with one attached hydrogen (secondary N) is 1. The third-order valence-electron chi connectivity index (χ3n) is 3.65. The van der Waals surface area contributed by atoms with Crippen LogP contribution in [-0.4, -0.2) is 29.7 Å². The molecule has 0 fully saturated rings. The van der Waals surface area contributed by atoms with Crippen LogP contribution in [0.1, 0.15) is 33.2 Å². The topological polar surface area (TPSA) is 107 Å². The number of ether oxygens (including phenoxy) is 1. The molecule has 138 valence electrons. The van der Waals surface area contributed by atoms with Gasteiger partial charge in [-0.3, -0.25) is 9.78 Å². The normalized spacial score (nSPS) is 11.0. The lowest BCUT2D eigenvalue weighted by Gasteiger charge is -2.03. The van der Waals surface area contributed by atoms with Crippen molar-refractivity contribution in [2.45, 2.75) is 6.92 Å². The van der Waals surface area contributed by atoms with Gasteiger partial charge in [0.05, 0.1) is 22.5 Å². The lowest BCUT2D eigenvalue weighted by atomic mass is 10.1. The lowest BCUT2D eigenvalue weighted by molar-refractivity contribution is 0.0530. The Hall–Kier alpha value is -2.97. The van der Waals surface area contributed by atoms with Gasteiger partial charge in [0.1, 0.15) is 10.6 Å². The highest BCUT2D eigenvalue weighted by atomic mass is 35.5. The molecule has 0 radical (unpaired) electrons. The standard InChI is InChI=1S/C18H15ClN4O3S/c1-2-26-18(25)13-12-4-3-11(14(19)15(12)27-16(13)20)9-22-23-17(24)10-5-7-21-8-6-10/h3-9H,2,20H2,1H3,(H,23,24)/b22-9+. The van der Waals surface area contributed by atoms with Crippen LogP contribution in [0.3, 0.4) is 0 Å². The number of esters is 1. The van der Waals surface area contributed by atoms with Gasteiger partial charge >= 0.3 is 5.97 Å². The first-order valence-corrected chi connectivity index (χ1v) is 9.13. The summed E-state index contributed by atoms with van der Waals surface area (Å²) in [4.78, 5) is 27.9. The Bertz CT molecular complexity index is 1030. The maximum Gasteiger partial charge on any atom is 0.341 e. The molecule has 0 aliphatic carbocycles. The lowest BCUT2D eigenvalue weighted by Crippen LogP contribution is -2.17. The van der Waals surface area contributed by atoms with Crippen molar-refractivity contribution in [3.63, 3.8) is 0 Å². The second-order valence-corrected chi connectivity index (χ2v) is 6.77. The van der Waals surface area contributed by atoms with E-state index in [1.165, 1.54) is 29.9 Å². The maximum absolute atomic E-state index is 12.1. The summed E-state index contributed by atoms with van der Waals surface area (Å²) in [6.45, 7) is 1.98. The average Bonchev–Trinajstić information content (AvgIpc) is 3.01. The summed E-state index contributed by atoms with van der Waals surface area (Å²) in [6, 6.07) is 6.58. The maximum atomic E-state index is 12.1. The van der Waals surface area contributed by atoms with Crippen LogP contribution in [0.2, 0.25) is 5.02 Å². The molecule has 0 atom stereocenters. The van der Waals surface area contributed by atoms with Crippen LogP contribution >= 0.6 is 22.9 Å². The summed E-state index contributed by atoms with van der Waals surface area (Å²) in [5.74, 6) is -0.848. The zero-order valence-corrected chi connectivity index (χ0v) is 15.8. The number of nitrogens with two attached hydrogens (primary N) is 1. The number of amides is 1. The molecule has 2 aromatic heterocycles. The number of aromatic nitrogens is 1. The predicted octanol–water partition coefficient (Wildman–Crippen LogP) is 3.47. The van der Waals surface area contributed by atoms with Gasteiger partial charge in [0.2, 0.25) is 0 Å². The summed E-state index contributed by atoms with van der Waals surface area (Å²) in [7, 11) is 0. The number of carbonyl (C=O) groups is 2. The molecule has 3 rings (SSSR count). The molecular weight excluding hydrogens is 388 g/mol. The Morgan fingerprint density at radius 1 is 1.33 bits per heavy atom. The van der Waals surface area contributed by atoms with Gasteiger partial charge in [0, 0.05) is 28.9 Å². The molecule has 3 aromatic rings. The average molecular weight is 403 g/mol. The van der Waals surface area contributed by atoms with Crippen molar-refractivity contribution < 1.29 is 14.3 Å². The second-order valence-electron chi connectivity index (χ2n) is 5.34. The zero-order valence-electron chi connectivity index (χ0n) is 14.2. The summed E-state index contributed by atoms with van der Waals surface area (Å²) in [6.07, 6.45) is 4.47. The molecular formula is C18H15ClN4O3S. The Morgan fingerprint density at radius 3 is 2.78 bits per heavy atom. The van der Waals surface area contributed by atoms with E-state index in [1.807, 2.05) is 0 Å². The third-order valence-corrected chi connectivity index (χ3v) is 5.22. The first-order valence-electron chi connectivity index (χ1n) is 7.94. The van der Waals surface area contributed by atoms with Crippen LogP contribution < -0.4 is 11.2 Å². The highest BCUT2D eigenvalue weighted by Gasteiger charge is 2.20. The smallest absolute Gasteiger partial charge is 0.341 e. The van der Waals surface area contributed by atoms with Crippen molar-refractivity contribution in [3.8, 4) is 0 Å². The van der Waals surface area contributed by atoms with Crippen molar-refractivity contribution in [1.29, 1.82) is 0 Å². The quantitative estimate of drug-likeness (QED) is 0.386. The number of halogens is 1. The van der Waals surface area contributed by atoms with E-state index in [2.05, 4.69) is 15.5 Å². The van der Waals surface area contributed by atoms with Crippen molar-refractivity contribution in [2.75, 3.05) is 12.3 Å². The number of benzene rings is 1. The molecule has 1 aromatic carbocycles. The Morgan fingerprint density at radius 2 is 2.07 bits per heavy atom. The minimum atomic E-state index is -0.483. The summed E-state index contributed by atoms with van der Waals surface area (Å²) >= 11 is 7.63. The third kappa shape index (κ3) is 3.91. The van der Waals surface area contributed by atoms with E-state index in [0.717, 1.165) is 0 Å². The van der Waals surface area contributed by atoms with Crippen molar-refractivity contribution in [1.82, 2.24) is 10.4 Å². The minimum Gasteiger partial charge on any atom is -0.462 e. The van der Waals surface area contributed by atoms with Crippen LogP contribution in [0, 0.1) is 0 Å². The van der Waals surface area contributed by atoms with Gasteiger partial charge in [-0.25, -0.2) is 10.2 Å². The summed E-state index contributed by atoms with van der Waals surface area (Å²) < 4.78 is 5.70. The number of nitrogen functional groups attached to an aromatic ring is 1. The number of pyridine rings is 1. The van der Waals surface area contributed by atoms with Crippen LogP contribution in [0.25, 0.3) is 10.1 Å². The molecule has 0 aliphatic heterocycles. The Balaban J connectivity index is 1.85. The number of rotatable bonds is 5. The van der Waals surface area contributed by atoms with Gasteiger partial charge in [0.25, 0.3) is 5.91 Å². The van der Waals surface area contributed by atoms with Crippen molar-refractivity contribution >= 4 is 56.1 Å². The Kier molecular flexibility index (Phi) is 5.68. The number of nitrogens with zero attached hydrogens (tertiary/aromatic N) is 2. The SMILES string of the molecule is CCOC(=O)c1c(N)sc2c(Cl)c(/C=N/NC(=O)c3ccncc3)ccc12. The molecule has 9 heteroatoms. The first-order chi connectivity index (χ1) is 13.0. The van der Waals surface area contributed by atoms with Gasteiger partial charge < -0.3 is 10.5 Å². The van der Waals surface area contributed by atoms with E-state index in [-0.39, 0.29) is 12.5 Å². The number of hydrogen-bond acceptors (Lipinski definition) is 7. The van der Waals surface area contributed by atoms with E-state index in [1.54, 1.807) is 31.2 Å². The molecule has 7 nitrogen and oxygen atoms in total. The van der Waals surface area contributed by atoms with Crippen LogP contribution in [0.4, 0.5) is 5.00 Å². The van der Waals surface area contributed by atoms with Crippen LogP contribution in [0.5, 0.6) is 0 Å².